The second-order valence-corrected chi connectivity index (χ2v) is 4.89. The van der Waals surface area contributed by atoms with Gasteiger partial charge in [-0.25, -0.2) is 4.79 Å². The molecule has 4 heteroatoms. The summed E-state index contributed by atoms with van der Waals surface area (Å²) in [4.78, 5) is 11.6. The third kappa shape index (κ3) is 5.67. The molecule has 2 aromatic carbocycles. The molecule has 1 atom stereocenters. The summed E-state index contributed by atoms with van der Waals surface area (Å²) in [5.74, 6) is 0. The average molecular weight is 284 g/mol. The molecule has 0 heterocycles. The Morgan fingerprint density at radius 1 is 1.00 bits per heavy atom. The Morgan fingerprint density at radius 2 is 1.57 bits per heavy atom. The number of benzene rings is 2. The van der Waals surface area contributed by atoms with E-state index in [1.54, 1.807) is 0 Å². The Labute approximate surface area is 124 Å². The van der Waals surface area contributed by atoms with Gasteiger partial charge in [-0.05, 0) is 17.5 Å². The summed E-state index contributed by atoms with van der Waals surface area (Å²) in [5, 5.41) is 2.70. The van der Waals surface area contributed by atoms with Gasteiger partial charge in [0.2, 0.25) is 0 Å². The van der Waals surface area contributed by atoms with Crippen molar-refractivity contribution >= 4 is 6.09 Å². The molecule has 0 saturated heterocycles. The molecule has 0 aliphatic rings. The number of nitrogens with one attached hydrogen (secondary N) is 1. The molecule has 0 aliphatic carbocycles. The van der Waals surface area contributed by atoms with Crippen molar-refractivity contribution < 1.29 is 9.53 Å². The van der Waals surface area contributed by atoms with Crippen molar-refractivity contribution in [2.24, 2.45) is 5.73 Å². The van der Waals surface area contributed by atoms with Crippen LogP contribution in [0.4, 0.5) is 4.79 Å². The van der Waals surface area contributed by atoms with Crippen molar-refractivity contribution in [3.63, 3.8) is 0 Å². The zero-order chi connectivity index (χ0) is 14.9. The van der Waals surface area contributed by atoms with Crippen LogP contribution in [0.2, 0.25) is 0 Å². The van der Waals surface area contributed by atoms with E-state index in [0.717, 1.165) is 11.1 Å². The summed E-state index contributed by atoms with van der Waals surface area (Å²) >= 11 is 0. The van der Waals surface area contributed by atoms with Crippen LogP contribution in [-0.4, -0.2) is 18.7 Å². The van der Waals surface area contributed by atoms with Crippen LogP contribution in [0.25, 0.3) is 0 Å². The van der Waals surface area contributed by atoms with Crippen LogP contribution in [0, 0.1) is 0 Å². The molecule has 0 aromatic heterocycles. The maximum Gasteiger partial charge on any atom is 0.407 e. The molecule has 0 unspecified atom stereocenters. The molecule has 3 N–H and O–H groups in total. The molecular weight excluding hydrogens is 264 g/mol. The van der Waals surface area contributed by atoms with Crippen molar-refractivity contribution in [1.29, 1.82) is 0 Å². The maximum atomic E-state index is 11.6. The van der Waals surface area contributed by atoms with Crippen LogP contribution < -0.4 is 11.1 Å². The van der Waals surface area contributed by atoms with Gasteiger partial charge in [0.15, 0.2) is 0 Å². The van der Waals surface area contributed by atoms with E-state index in [1.165, 1.54) is 0 Å². The summed E-state index contributed by atoms with van der Waals surface area (Å²) < 4.78 is 5.12. The standard InChI is InChI=1S/C17H20N2O2/c18-16(11-14-7-3-1-4-8-14)13-21-17(20)19-12-15-9-5-2-6-10-15/h1-10,16H,11-13,18H2,(H,19,20)/t16-/m0/s1. The molecule has 0 fully saturated rings. The van der Waals surface area contributed by atoms with Crippen molar-refractivity contribution in [3.8, 4) is 0 Å². The molecule has 4 nitrogen and oxygen atoms in total. The average Bonchev–Trinajstić information content (AvgIpc) is 2.53. The highest BCUT2D eigenvalue weighted by atomic mass is 16.5. The number of carbonyl (C=O) groups excluding carboxylic acids is 1. The lowest BCUT2D eigenvalue weighted by molar-refractivity contribution is 0.138. The summed E-state index contributed by atoms with van der Waals surface area (Å²) in [7, 11) is 0. The smallest absolute Gasteiger partial charge is 0.407 e. The van der Waals surface area contributed by atoms with Gasteiger partial charge in [0, 0.05) is 12.6 Å². The Kier molecular flexibility index (Phi) is 5.79. The lowest BCUT2D eigenvalue weighted by Gasteiger charge is -2.13. The largest absolute Gasteiger partial charge is 0.448 e. The normalized spacial score (nSPS) is 11.7. The van der Waals surface area contributed by atoms with E-state index >= 15 is 0 Å². The topological polar surface area (TPSA) is 64.3 Å². The number of hydrogen-bond donors (Lipinski definition) is 2. The number of rotatable bonds is 6. The summed E-state index contributed by atoms with van der Waals surface area (Å²) in [6.45, 7) is 0.656. The second-order valence-electron chi connectivity index (χ2n) is 4.89. The molecule has 21 heavy (non-hydrogen) atoms. The van der Waals surface area contributed by atoms with E-state index in [9.17, 15) is 4.79 Å². The number of ether oxygens (including phenoxy) is 1. The first-order valence-electron chi connectivity index (χ1n) is 6.98. The fourth-order valence-corrected chi connectivity index (χ4v) is 1.98. The minimum Gasteiger partial charge on any atom is -0.448 e. The number of alkyl carbamates (subject to hydrolysis) is 1. The van der Waals surface area contributed by atoms with Gasteiger partial charge < -0.3 is 15.8 Å². The highest BCUT2D eigenvalue weighted by Crippen LogP contribution is 2.02. The minimum absolute atomic E-state index is 0.199. The fraction of sp³-hybridized carbons (Fsp3) is 0.235. The summed E-state index contributed by atoms with van der Waals surface area (Å²) in [5.41, 5.74) is 8.12. The maximum absolute atomic E-state index is 11.6. The van der Waals surface area contributed by atoms with Crippen LogP contribution in [0.3, 0.4) is 0 Å². The minimum atomic E-state index is -0.442. The van der Waals surface area contributed by atoms with E-state index in [0.29, 0.717) is 13.0 Å². The lowest BCUT2D eigenvalue weighted by atomic mass is 10.1. The molecule has 110 valence electrons. The van der Waals surface area contributed by atoms with Crippen LogP contribution in [0.1, 0.15) is 11.1 Å². The summed E-state index contributed by atoms with van der Waals surface area (Å²) in [6.07, 6.45) is 0.245. The Bertz CT molecular complexity index is 543. The molecular formula is C17H20N2O2. The molecule has 0 saturated carbocycles. The molecule has 0 spiro atoms. The Balaban J connectivity index is 1.66. The predicted molar refractivity (Wildman–Crippen MR) is 82.8 cm³/mol. The van der Waals surface area contributed by atoms with Gasteiger partial charge in [0.1, 0.15) is 6.61 Å². The van der Waals surface area contributed by atoms with Crippen LogP contribution >= 0.6 is 0 Å². The van der Waals surface area contributed by atoms with Crippen molar-refractivity contribution in [3.05, 3.63) is 71.8 Å². The fourth-order valence-electron chi connectivity index (χ4n) is 1.98. The van der Waals surface area contributed by atoms with Crippen molar-refractivity contribution in [1.82, 2.24) is 5.32 Å². The number of hydrogen-bond acceptors (Lipinski definition) is 3. The first kappa shape index (κ1) is 15.1. The number of nitrogens with two attached hydrogens (primary N) is 1. The molecule has 2 aromatic rings. The Morgan fingerprint density at radius 3 is 2.19 bits per heavy atom. The van der Waals surface area contributed by atoms with Crippen LogP contribution in [-0.2, 0) is 17.7 Å². The first-order valence-corrected chi connectivity index (χ1v) is 6.98. The van der Waals surface area contributed by atoms with Gasteiger partial charge in [-0.15, -0.1) is 0 Å². The van der Waals surface area contributed by atoms with E-state index in [1.807, 2.05) is 60.7 Å². The van der Waals surface area contributed by atoms with Crippen molar-refractivity contribution in [2.75, 3.05) is 6.61 Å². The van der Waals surface area contributed by atoms with Gasteiger partial charge in [0.05, 0.1) is 0 Å². The highest BCUT2D eigenvalue weighted by Gasteiger charge is 2.08. The zero-order valence-electron chi connectivity index (χ0n) is 11.9. The van der Waals surface area contributed by atoms with Gasteiger partial charge in [-0.2, -0.15) is 0 Å². The molecule has 0 radical (unpaired) electrons. The van der Waals surface area contributed by atoms with Gasteiger partial charge in [-0.1, -0.05) is 60.7 Å². The quantitative estimate of drug-likeness (QED) is 0.856. The third-order valence-electron chi connectivity index (χ3n) is 3.05. The predicted octanol–water partition coefficient (Wildman–Crippen LogP) is 2.48. The molecule has 0 bridgehead atoms. The second kappa shape index (κ2) is 8.07. The highest BCUT2D eigenvalue weighted by molar-refractivity contribution is 5.67. The SMILES string of the molecule is N[C@H](COC(=O)NCc1ccccc1)Cc1ccccc1. The van der Waals surface area contributed by atoms with Crippen LogP contribution in [0.15, 0.2) is 60.7 Å². The number of carbonyl (C=O) groups is 1. The lowest BCUT2D eigenvalue weighted by Crippen LogP contribution is -2.33. The van der Waals surface area contributed by atoms with E-state index in [2.05, 4.69) is 5.32 Å². The molecule has 0 aliphatic heterocycles. The zero-order valence-corrected chi connectivity index (χ0v) is 11.9. The number of amides is 1. The molecule has 1 amide bonds. The summed E-state index contributed by atoms with van der Waals surface area (Å²) in [6, 6.07) is 19.4. The first-order chi connectivity index (χ1) is 10.2. The molecule has 2 rings (SSSR count). The van der Waals surface area contributed by atoms with Crippen LogP contribution in [0.5, 0.6) is 0 Å². The van der Waals surface area contributed by atoms with E-state index in [4.69, 9.17) is 10.5 Å². The monoisotopic (exact) mass is 284 g/mol. The van der Waals surface area contributed by atoms with E-state index < -0.39 is 6.09 Å². The Hall–Kier alpha value is -2.33. The van der Waals surface area contributed by atoms with Gasteiger partial charge in [-0.3, -0.25) is 0 Å². The van der Waals surface area contributed by atoms with E-state index in [-0.39, 0.29) is 12.6 Å². The van der Waals surface area contributed by atoms with Gasteiger partial charge in [0.25, 0.3) is 0 Å². The van der Waals surface area contributed by atoms with Crippen molar-refractivity contribution in [2.45, 2.75) is 19.0 Å². The third-order valence-corrected chi connectivity index (χ3v) is 3.05. The van der Waals surface area contributed by atoms with Gasteiger partial charge >= 0.3 is 6.09 Å².